The van der Waals surface area contributed by atoms with Crippen molar-refractivity contribution < 1.29 is 9.53 Å². The second-order valence-electron chi connectivity index (χ2n) is 3.76. The van der Waals surface area contributed by atoms with Crippen LogP contribution in [0.1, 0.15) is 39.5 Å². The lowest BCUT2D eigenvalue weighted by atomic mass is 9.87. The summed E-state index contributed by atoms with van der Waals surface area (Å²) in [6, 6.07) is 0. The van der Waals surface area contributed by atoms with Crippen LogP contribution in [0.2, 0.25) is 0 Å². The van der Waals surface area contributed by atoms with E-state index in [2.05, 4.69) is 6.92 Å². The molecular weight excluding hydrogens is 164 g/mol. The maximum Gasteiger partial charge on any atom is 0.330 e. The second-order valence-corrected chi connectivity index (χ2v) is 3.76. The van der Waals surface area contributed by atoms with E-state index in [0.717, 1.165) is 18.8 Å². The van der Waals surface area contributed by atoms with E-state index in [0.29, 0.717) is 6.61 Å². The first-order valence-electron chi connectivity index (χ1n) is 5.08. The Bertz CT molecular complexity index is 206. The fraction of sp³-hybridized carbons (Fsp3) is 0.727. The average Bonchev–Trinajstić information content (AvgIpc) is 2.04. The van der Waals surface area contributed by atoms with Gasteiger partial charge in [0.05, 0.1) is 6.61 Å². The van der Waals surface area contributed by atoms with Crippen molar-refractivity contribution in [2.24, 2.45) is 5.92 Å². The minimum atomic E-state index is -0.174. The minimum absolute atomic E-state index is 0.174. The third-order valence-electron chi connectivity index (χ3n) is 2.41. The number of esters is 1. The first kappa shape index (κ1) is 10.3. The molecule has 0 aliphatic heterocycles. The predicted molar refractivity (Wildman–Crippen MR) is 52.3 cm³/mol. The van der Waals surface area contributed by atoms with E-state index < -0.39 is 0 Å². The van der Waals surface area contributed by atoms with Crippen molar-refractivity contribution in [3.63, 3.8) is 0 Å². The molecule has 1 rings (SSSR count). The maximum atomic E-state index is 11.1. The van der Waals surface area contributed by atoms with Gasteiger partial charge in [-0.2, -0.15) is 0 Å². The molecule has 0 amide bonds. The van der Waals surface area contributed by atoms with Gasteiger partial charge in [-0.3, -0.25) is 0 Å². The highest BCUT2D eigenvalue weighted by molar-refractivity contribution is 5.82. The Kier molecular flexibility index (Phi) is 4.00. The van der Waals surface area contributed by atoms with E-state index in [1.54, 1.807) is 6.08 Å². The Morgan fingerprint density at radius 3 is 3.08 bits per heavy atom. The quantitative estimate of drug-likeness (QED) is 0.485. The molecule has 0 aromatic heterocycles. The summed E-state index contributed by atoms with van der Waals surface area (Å²) >= 11 is 0. The molecule has 1 aliphatic rings. The van der Waals surface area contributed by atoms with Crippen molar-refractivity contribution in [2.45, 2.75) is 39.5 Å². The zero-order chi connectivity index (χ0) is 9.68. The lowest BCUT2D eigenvalue weighted by molar-refractivity contribution is -0.137. The molecule has 0 aromatic carbocycles. The van der Waals surface area contributed by atoms with E-state index in [-0.39, 0.29) is 5.97 Å². The molecule has 1 atom stereocenters. The van der Waals surface area contributed by atoms with Gasteiger partial charge in [-0.05, 0) is 32.1 Å². The molecule has 0 bridgehead atoms. The van der Waals surface area contributed by atoms with Crippen molar-refractivity contribution in [2.75, 3.05) is 6.61 Å². The molecule has 1 aliphatic carbocycles. The van der Waals surface area contributed by atoms with E-state index >= 15 is 0 Å². The van der Waals surface area contributed by atoms with Gasteiger partial charge in [-0.1, -0.05) is 18.9 Å². The molecule has 2 heteroatoms. The van der Waals surface area contributed by atoms with Crippen LogP contribution in [0, 0.1) is 5.92 Å². The van der Waals surface area contributed by atoms with Gasteiger partial charge in [0.2, 0.25) is 0 Å². The van der Waals surface area contributed by atoms with Crippen molar-refractivity contribution >= 4 is 5.97 Å². The molecule has 1 saturated carbocycles. The van der Waals surface area contributed by atoms with E-state index in [1.165, 1.54) is 18.4 Å². The van der Waals surface area contributed by atoms with Crippen LogP contribution in [0.15, 0.2) is 11.6 Å². The van der Waals surface area contributed by atoms with Gasteiger partial charge in [0, 0.05) is 6.08 Å². The first-order chi connectivity index (χ1) is 6.22. The number of rotatable bonds is 2. The standard InChI is InChI=1S/C11H18O2/c1-3-13-11(12)8-10-6-4-5-9(2)7-10/h8-9H,3-7H2,1-2H3/b10-8+. The van der Waals surface area contributed by atoms with Gasteiger partial charge < -0.3 is 4.74 Å². The van der Waals surface area contributed by atoms with Gasteiger partial charge in [-0.15, -0.1) is 0 Å². The highest BCUT2D eigenvalue weighted by atomic mass is 16.5. The molecule has 2 nitrogen and oxygen atoms in total. The largest absolute Gasteiger partial charge is 0.463 e. The first-order valence-corrected chi connectivity index (χ1v) is 5.08. The number of hydrogen-bond acceptors (Lipinski definition) is 2. The molecular formula is C11H18O2. The SMILES string of the molecule is CCOC(=O)/C=C1\CCCC(C)C1. The van der Waals surface area contributed by atoms with Crippen molar-refractivity contribution in [3.05, 3.63) is 11.6 Å². The smallest absolute Gasteiger partial charge is 0.330 e. The molecule has 74 valence electrons. The molecule has 0 heterocycles. The van der Waals surface area contributed by atoms with E-state index in [4.69, 9.17) is 4.74 Å². The topological polar surface area (TPSA) is 26.3 Å². The minimum Gasteiger partial charge on any atom is -0.463 e. The molecule has 0 spiro atoms. The average molecular weight is 182 g/mol. The van der Waals surface area contributed by atoms with Crippen LogP contribution in [0.25, 0.3) is 0 Å². The Labute approximate surface area is 80.0 Å². The third kappa shape index (κ3) is 3.62. The number of ether oxygens (including phenoxy) is 1. The molecule has 13 heavy (non-hydrogen) atoms. The van der Waals surface area contributed by atoms with Crippen LogP contribution >= 0.6 is 0 Å². The summed E-state index contributed by atoms with van der Waals surface area (Å²) in [6.45, 7) is 4.54. The zero-order valence-corrected chi connectivity index (χ0v) is 8.51. The highest BCUT2D eigenvalue weighted by Crippen LogP contribution is 2.27. The van der Waals surface area contributed by atoms with Gasteiger partial charge in [0.15, 0.2) is 0 Å². The van der Waals surface area contributed by atoms with Gasteiger partial charge in [-0.25, -0.2) is 4.79 Å². The number of allylic oxidation sites excluding steroid dienone is 1. The molecule has 0 N–H and O–H groups in total. The maximum absolute atomic E-state index is 11.1. The Hall–Kier alpha value is -0.790. The van der Waals surface area contributed by atoms with Gasteiger partial charge in [0.1, 0.15) is 0 Å². The summed E-state index contributed by atoms with van der Waals surface area (Å²) in [5.41, 5.74) is 1.26. The lowest BCUT2D eigenvalue weighted by Gasteiger charge is -2.19. The Balaban J connectivity index is 2.44. The summed E-state index contributed by atoms with van der Waals surface area (Å²) in [4.78, 5) is 11.1. The van der Waals surface area contributed by atoms with Crippen molar-refractivity contribution in [1.29, 1.82) is 0 Å². The fourth-order valence-electron chi connectivity index (χ4n) is 1.81. The molecule has 0 radical (unpaired) electrons. The summed E-state index contributed by atoms with van der Waals surface area (Å²) in [6.07, 6.45) is 6.33. The highest BCUT2D eigenvalue weighted by Gasteiger charge is 2.13. The third-order valence-corrected chi connectivity index (χ3v) is 2.41. The molecule has 1 fully saturated rings. The fourth-order valence-corrected chi connectivity index (χ4v) is 1.81. The predicted octanol–water partition coefficient (Wildman–Crippen LogP) is 2.69. The monoisotopic (exact) mass is 182 g/mol. The number of carbonyl (C=O) groups is 1. The summed E-state index contributed by atoms with van der Waals surface area (Å²) < 4.78 is 4.86. The zero-order valence-electron chi connectivity index (χ0n) is 8.51. The van der Waals surface area contributed by atoms with Crippen LogP contribution in [0.5, 0.6) is 0 Å². The second kappa shape index (κ2) is 5.05. The molecule has 0 aromatic rings. The number of carbonyl (C=O) groups excluding carboxylic acids is 1. The van der Waals surface area contributed by atoms with Crippen molar-refractivity contribution in [1.82, 2.24) is 0 Å². The summed E-state index contributed by atoms with van der Waals surface area (Å²) in [5, 5.41) is 0. The van der Waals surface area contributed by atoms with Crippen LogP contribution in [-0.2, 0) is 9.53 Å². The molecule has 0 saturated heterocycles. The van der Waals surface area contributed by atoms with Crippen LogP contribution < -0.4 is 0 Å². The van der Waals surface area contributed by atoms with Crippen LogP contribution in [0.4, 0.5) is 0 Å². The normalized spacial score (nSPS) is 26.0. The summed E-state index contributed by atoms with van der Waals surface area (Å²) in [7, 11) is 0. The van der Waals surface area contributed by atoms with Crippen LogP contribution in [0.3, 0.4) is 0 Å². The van der Waals surface area contributed by atoms with Crippen molar-refractivity contribution in [3.8, 4) is 0 Å². The number of hydrogen-bond donors (Lipinski definition) is 0. The Morgan fingerprint density at radius 2 is 2.46 bits per heavy atom. The van der Waals surface area contributed by atoms with Gasteiger partial charge >= 0.3 is 5.97 Å². The summed E-state index contributed by atoms with van der Waals surface area (Å²) in [5.74, 6) is 0.557. The lowest BCUT2D eigenvalue weighted by Crippen LogP contribution is -2.07. The van der Waals surface area contributed by atoms with E-state index in [1.807, 2.05) is 6.92 Å². The Morgan fingerprint density at radius 1 is 1.69 bits per heavy atom. The molecule has 1 unspecified atom stereocenters. The van der Waals surface area contributed by atoms with Crippen LogP contribution in [-0.4, -0.2) is 12.6 Å². The van der Waals surface area contributed by atoms with Gasteiger partial charge in [0.25, 0.3) is 0 Å². The van der Waals surface area contributed by atoms with E-state index in [9.17, 15) is 4.79 Å².